The molecule has 0 radical (unpaired) electrons. The summed E-state index contributed by atoms with van der Waals surface area (Å²) in [5.41, 5.74) is 0.785. The Labute approximate surface area is 168 Å². The number of aryl methyl sites for hydroxylation is 1. The van der Waals surface area contributed by atoms with Crippen molar-refractivity contribution in [3.05, 3.63) is 80.5 Å². The predicted octanol–water partition coefficient (Wildman–Crippen LogP) is 4.10. The maximum atomic E-state index is 13.3. The predicted molar refractivity (Wildman–Crippen MR) is 107 cm³/mol. The van der Waals surface area contributed by atoms with Crippen molar-refractivity contribution in [1.82, 2.24) is 4.98 Å². The fourth-order valence-electron chi connectivity index (χ4n) is 3.64. The smallest absolute Gasteiger partial charge is 0.297 e. The number of thiazole rings is 1. The Kier molecular flexibility index (Phi) is 3.78. The quantitative estimate of drug-likeness (QED) is 0.476. The van der Waals surface area contributed by atoms with Gasteiger partial charge >= 0.3 is 0 Å². The molecule has 144 valence electrons. The molecule has 1 amide bonds. The number of carbonyl (C=O) groups is 2. The summed E-state index contributed by atoms with van der Waals surface area (Å²) in [5.74, 6) is -0.248. The molecule has 0 saturated heterocycles. The van der Waals surface area contributed by atoms with Crippen LogP contribution in [-0.4, -0.2) is 16.7 Å². The van der Waals surface area contributed by atoms with E-state index in [0.29, 0.717) is 32.4 Å². The lowest BCUT2D eigenvalue weighted by atomic mass is 10.0. The zero-order valence-electron chi connectivity index (χ0n) is 15.5. The van der Waals surface area contributed by atoms with E-state index in [1.54, 1.807) is 43.3 Å². The van der Waals surface area contributed by atoms with Gasteiger partial charge in [0.2, 0.25) is 5.76 Å². The van der Waals surface area contributed by atoms with Crippen LogP contribution in [0.15, 0.2) is 56.3 Å². The van der Waals surface area contributed by atoms with E-state index >= 15 is 0 Å². The molecular formula is C21H14N2O5S. The van der Waals surface area contributed by atoms with E-state index in [-0.39, 0.29) is 22.5 Å². The van der Waals surface area contributed by atoms with Crippen LogP contribution in [0.5, 0.6) is 0 Å². The second-order valence-electron chi connectivity index (χ2n) is 6.73. The summed E-state index contributed by atoms with van der Waals surface area (Å²) in [6.07, 6.45) is 1.48. The fraction of sp³-hybridized carbons (Fsp3) is 0.143. The number of ketones is 1. The molecule has 0 spiro atoms. The molecule has 1 aliphatic heterocycles. The lowest BCUT2D eigenvalue weighted by molar-refractivity contribution is 0.0968. The number of amides is 1. The highest BCUT2D eigenvalue weighted by Gasteiger charge is 2.46. The summed E-state index contributed by atoms with van der Waals surface area (Å²) in [6, 6.07) is 9.35. The summed E-state index contributed by atoms with van der Waals surface area (Å²) in [7, 11) is 0. The van der Waals surface area contributed by atoms with Crippen LogP contribution in [0.1, 0.15) is 50.2 Å². The van der Waals surface area contributed by atoms with Crippen LogP contribution in [0.3, 0.4) is 0 Å². The Hall–Kier alpha value is -3.52. The Balaban J connectivity index is 1.80. The molecule has 4 heterocycles. The van der Waals surface area contributed by atoms with Gasteiger partial charge in [-0.3, -0.25) is 19.3 Å². The minimum absolute atomic E-state index is 0.0349. The van der Waals surface area contributed by atoms with Gasteiger partial charge < -0.3 is 8.83 Å². The number of benzene rings is 1. The Morgan fingerprint density at radius 3 is 2.66 bits per heavy atom. The topological polar surface area (TPSA) is 93.6 Å². The van der Waals surface area contributed by atoms with Crippen LogP contribution >= 0.6 is 11.3 Å². The zero-order valence-corrected chi connectivity index (χ0v) is 16.3. The number of Topliss-reactive ketones (excluding diaryl/α,β-unsaturated/α-hetero) is 1. The standard InChI is InChI=1S/C21H14N2O5S/c1-10-19(11(2)24)29-21(22-10)23-16(14-8-5-9-27-14)15-17(25)12-6-3-4-7-13(12)28-18(15)20(23)26/h3-9,16H,1-2H3. The van der Waals surface area contributed by atoms with E-state index in [9.17, 15) is 14.4 Å². The molecule has 5 rings (SSSR count). The van der Waals surface area contributed by atoms with Crippen molar-refractivity contribution in [3.63, 3.8) is 0 Å². The van der Waals surface area contributed by atoms with Crippen molar-refractivity contribution in [2.75, 3.05) is 4.90 Å². The molecule has 0 bridgehead atoms. The molecule has 1 aromatic carbocycles. The molecule has 0 aliphatic carbocycles. The number of para-hydroxylation sites is 1. The fourth-order valence-corrected chi connectivity index (χ4v) is 4.63. The van der Waals surface area contributed by atoms with Crippen LogP contribution < -0.4 is 10.3 Å². The summed E-state index contributed by atoms with van der Waals surface area (Å²) in [4.78, 5) is 44.8. The van der Waals surface area contributed by atoms with Crippen molar-refractivity contribution in [1.29, 1.82) is 0 Å². The second kappa shape index (κ2) is 6.25. The van der Waals surface area contributed by atoms with E-state index in [2.05, 4.69) is 4.98 Å². The van der Waals surface area contributed by atoms with Gasteiger partial charge in [-0.1, -0.05) is 23.5 Å². The van der Waals surface area contributed by atoms with Crippen LogP contribution in [0.4, 0.5) is 5.13 Å². The third-order valence-electron chi connectivity index (χ3n) is 4.90. The molecular weight excluding hydrogens is 392 g/mol. The lowest BCUT2D eigenvalue weighted by Gasteiger charge is -2.20. The number of furan rings is 1. The normalized spacial score (nSPS) is 15.9. The van der Waals surface area contributed by atoms with Crippen molar-refractivity contribution in [2.45, 2.75) is 19.9 Å². The largest absolute Gasteiger partial charge is 0.467 e. The molecule has 3 aromatic heterocycles. The van der Waals surface area contributed by atoms with Gasteiger partial charge in [0.05, 0.1) is 27.8 Å². The highest BCUT2D eigenvalue weighted by atomic mass is 32.1. The average molecular weight is 406 g/mol. The van der Waals surface area contributed by atoms with E-state index in [0.717, 1.165) is 11.3 Å². The molecule has 0 saturated carbocycles. The number of rotatable bonds is 3. The molecule has 8 heteroatoms. The van der Waals surface area contributed by atoms with E-state index in [1.165, 1.54) is 18.1 Å². The maximum absolute atomic E-state index is 13.3. The summed E-state index contributed by atoms with van der Waals surface area (Å²) in [5, 5.41) is 0.700. The van der Waals surface area contributed by atoms with E-state index in [4.69, 9.17) is 8.83 Å². The summed E-state index contributed by atoms with van der Waals surface area (Å²) in [6.45, 7) is 3.16. The molecule has 1 aliphatic rings. The van der Waals surface area contributed by atoms with Gasteiger partial charge in [0.25, 0.3) is 5.91 Å². The van der Waals surface area contributed by atoms with Crippen LogP contribution in [0, 0.1) is 6.92 Å². The number of hydrogen-bond donors (Lipinski definition) is 0. The second-order valence-corrected chi connectivity index (χ2v) is 7.71. The first kappa shape index (κ1) is 17.6. The zero-order chi connectivity index (χ0) is 20.3. The molecule has 0 N–H and O–H groups in total. The lowest BCUT2D eigenvalue weighted by Crippen LogP contribution is -2.29. The molecule has 1 unspecified atom stereocenters. The number of anilines is 1. The Bertz CT molecular complexity index is 1350. The van der Waals surface area contributed by atoms with Gasteiger partial charge in [0.15, 0.2) is 16.3 Å². The number of fused-ring (bicyclic) bond motifs is 2. The van der Waals surface area contributed by atoms with E-state index < -0.39 is 11.9 Å². The summed E-state index contributed by atoms with van der Waals surface area (Å²) >= 11 is 1.11. The SMILES string of the molecule is CC(=O)c1sc(N2C(=O)c3oc4ccccc4c(=O)c3C2c2ccco2)nc1C. The summed E-state index contributed by atoms with van der Waals surface area (Å²) < 4.78 is 11.4. The number of hydrogen-bond acceptors (Lipinski definition) is 7. The first-order valence-corrected chi connectivity index (χ1v) is 9.70. The Morgan fingerprint density at radius 2 is 1.97 bits per heavy atom. The minimum atomic E-state index is -0.821. The van der Waals surface area contributed by atoms with Gasteiger partial charge in [-0.25, -0.2) is 4.98 Å². The van der Waals surface area contributed by atoms with Crippen LogP contribution in [0.2, 0.25) is 0 Å². The van der Waals surface area contributed by atoms with Gasteiger partial charge in [0, 0.05) is 6.92 Å². The van der Waals surface area contributed by atoms with Gasteiger partial charge in [-0.05, 0) is 31.2 Å². The van der Waals surface area contributed by atoms with E-state index in [1.807, 2.05) is 0 Å². The highest BCUT2D eigenvalue weighted by Crippen LogP contribution is 2.43. The highest BCUT2D eigenvalue weighted by molar-refractivity contribution is 7.17. The molecule has 1 atom stereocenters. The van der Waals surface area contributed by atoms with Gasteiger partial charge in [-0.15, -0.1) is 0 Å². The molecule has 29 heavy (non-hydrogen) atoms. The Morgan fingerprint density at radius 1 is 1.17 bits per heavy atom. The van der Waals surface area contributed by atoms with Crippen LogP contribution in [0.25, 0.3) is 11.0 Å². The minimum Gasteiger partial charge on any atom is -0.467 e. The third-order valence-corrected chi connectivity index (χ3v) is 6.16. The molecule has 7 nitrogen and oxygen atoms in total. The maximum Gasteiger partial charge on any atom is 0.297 e. The number of carbonyl (C=O) groups excluding carboxylic acids is 2. The number of nitrogens with zero attached hydrogens (tertiary/aromatic N) is 2. The molecule has 0 fully saturated rings. The van der Waals surface area contributed by atoms with Crippen molar-refractivity contribution >= 4 is 39.1 Å². The van der Waals surface area contributed by atoms with Crippen LogP contribution in [-0.2, 0) is 0 Å². The molecule has 4 aromatic rings. The van der Waals surface area contributed by atoms with Crippen molar-refractivity contribution in [2.24, 2.45) is 0 Å². The first-order chi connectivity index (χ1) is 14.0. The average Bonchev–Trinajstić information content (AvgIpc) is 3.41. The van der Waals surface area contributed by atoms with Crippen molar-refractivity contribution < 1.29 is 18.4 Å². The number of aromatic nitrogens is 1. The monoisotopic (exact) mass is 406 g/mol. The van der Waals surface area contributed by atoms with Crippen molar-refractivity contribution in [3.8, 4) is 0 Å². The first-order valence-electron chi connectivity index (χ1n) is 8.88. The van der Waals surface area contributed by atoms with Gasteiger partial charge in [-0.2, -0.15) is 0 Å². The van der Waals surface area contributed by atoms with Gasteiger partial charge in [0.1, 0.15) is 17.4 Å². The third kappa shape index (κ3) is 2.49.